The highest BCUT2D eigenvalue weighted by atomic mass is 16.5. The van der Waals surface area contributed by atoms with E-state index < -0.39 is 5.97 Å². The first-order valence-corrected chi connectivity index (χ1v) is 6.59. The number of carboxylic acid groups (broad SMARTS) is 1. The molecule has 2 aromatic rings. The van der Waals surface area contributed by atoms with Crippen LogP contribution in [0.5, 0.6) is 5.75 Å². The predicted octanol–water partition coefficient (Wildman–Crippen LogP) is 1.79. The number of carboxylic acids is 1. The third-order valence-electron chi connectivity index (χ3n) is 2.85. The highest BCUT2D eigenvalue weighted by molar-refractivity contribution is 5.89. The van der Waals surface area contributed by atoms with Crippen molar-refractivity contribution in [2.24, 2.45) is 5.92 Å². The van der Waals surface area contributed by atoms with Gasteiger partial charge in [0.1, 0.15) is 18.7 Å². The van der Waals surface area contributed by atoms with Gasteiger partial charge in [0.2, 0.25) is 0 Å². The van der Waals surface area contributed by atoms with Crippen molar-refractivity contribution in [2.45, 2.75) is 27.0 Å². The van der Waals surface area contributed by atoms with E-state index in [1.807, 2.05) is 0 Å². The summed E-state index contributed by atoms with van der Waals surface area (Å²) in [5.74, 6) is 0.555. The van der Waals surface area contributed by atoms with Gasteiger partial charge in [0.15, 0.2) is 5.82 Å². The summed E-state index contributed by atoms with van der Waals surface area (Å²) in [6.07, 6.45) is 1.48. The lowest BCUT2D eigenvalue weighted by Crippen LogP contribution is -2.12. The van der Waals surface area contributed by atoms with E-state index in [1.54, 1.807) is 10.7 Å². The second-order valence-corrected chi connectivity index (χ2v) is 5.10. The molecule has 0 spiro atoms. The molecule has 0 unspecified atom stereocenters. The van der Waals surface area contributed by atoms with Crippen LogP contribution < -0.4 is 10.5 Å². The Morgan fingerprint density at radius 2 is 2.24 bits per heavy atom. The van der Waals surface area contributed by atoms with Gasteiger partial charge in [0.25, 0.3) is 0 Å². The molecule has 7 heteroatoms. The van der Waals surface area contributed by atoms with Crippen LogP contribution >= 0.6 is 0 Å². The minimum Gasteiger partial charge on any atom is -0.483 e. The molecule has 1 aromatic heterocycles. The maximum Gasteiger partial charge on any atom is 0.335 e. The summed E-state index contributed by atoms with van der Waals surface area (Å²) >= 11 is 0. The Hall–Kier alpha value is -2.57. The Morgan fingerprint density at radius 1 is 1.48 bits per heavy atom. The van der Waals surface area contributed by atoms with Crippen LogP contribution in [0.2, 0.25) is 0 Å². The van der Waals surface area contributed by atoms with Crippen LogP contribution in [0, 0.1) is 5.92 Å². The molecule has 2 rings (SSSR count). The SMILES string of the molecule is CC(C)Cn1ncnc1COc1ccc(C(=O)O)cc1N. The molecular weight excluding hydrogens is 272 g/mol. The fraction of sp³-hybridized carbons (Fsp3) is 0.357. The highest BCUT2D eigenvalue weighted by Crippen LogP contribution is 2.23. The minimum atomic E-state index is -1.02. The molecule has 0 aliphatic rings. The fourth-order valence-corrected chi connectivity index (χ4v) is 1.85. The van der Waals surface area contributed by atoms with Crippen molar-refractivity contribution < 1.29 is 14.6 Å². The van der Waals surface area contributed by atoms with E-state index in [0.29, 0.717) is 17.5 Å². The van der Waals surface area contributed by atoms with Gasteiger partial charge in [0.05, 0.1) is 11.3 Å². The molecule has 0 bridgehead atoms. The molecule has 21 heavy (non-hydrogen) atoms. The number of nitrogens with two attached hydrogens (primary N) is 1. The number of carbonyl (C=O) groups is 1. The van der Waals surface area contributed by atoms with Gasteiger partial charge >= 0.3 is 5.97 Å². The Balaban J connectivity index is 2.07. The summed E-state index contributed by atoms with van der Waals surface area (Å²) < 4.78 is 7.38. The molecule has 112 valence electrons. The van der Waals surface area contributed by atoms with E-state index in [2.05, 4.69) is 23.9 Å². The van der Waals surface area contributed by atoms with Crippen LogP contribution in [-0.2, 0) is 13.2 Å². The lowest BCUT2D eigenvalue weighted by atomic mass is 10.2. The quantitative estimate of drug-likeness (QED) is 0.786. The summed E-state index contributed by atoms with van der Waals surface area (Å²) in [4.78, 5) is 15.0. The first kappa shape index (κ1) is 14.8. The van der Waals surface area contributed by atoms with Gasteiger partial charge < -0.3 is 15.6 Å². The third kappa shape index (κ3) is 3.71. The Kier molecular flexibility index (Phi) is 4.42. The molecule has 0 radical (unpaired) electrons. The van der Waals surface area contributed by atoms with E-state index in [-0.39, 0.29) is 17.9 Å². The topological polar surface area (TPSA) is 103 Å². The van der Waals surface area contributed by atoms with Gasteiger partial charge in [-0.25, -0.2) is 14.5 Å². The number of hydrogen-bond donors (Lipinski definition) is 2. The first-order valence-electron chi connectivity index (χ1n) is 6.59. The lowest BCUT2D eigenvalue weighted by Gasteiger charge is -2.11. The molecular formula is C14H18N4O3. The van der Waals surface area contributed by atoms with Crippen LogP contribution in [0.4, 0.5) is 5.69 Å². The molecule has 0 saturated carbocycles. The van der Waals surface area contributed by atoms with Crippen LogP contribution in [0.1, 0.15) is 30.0 Å². The van der Waals surface area contributed by atoms with Crippen LogP contribution in [0.25, 0.3) is 0 Å². The summed E-state index contributed by atoms with van der Waals surface area (Å²) in [6.45, 7) is 5.17. The number of ether oxygens (including phenoxy) is 1. The molecule has 1 aromatic carbocycles. The number of aromatic carboxylic acids is 1. The van der Waals surface area contributed by atoms with Crippen molar-refractivity contribution in [1.29, 1.82) is 0 Å². The number of nitrogens with zero attached hydrogens (tertiary/aromatic N) is 3. The number of anilines is 1. The van der Waals surface area contributed by atoms with Gasteiger partial charge in [-0.15, -0.1) is 0 Å². The molecule has 3 N–H and O–H groups in total. The molecule has 1 heterocycles. The van der Waals surface area contributed by atoms with Gasteiger partial charge in [-0.3, -0.25) is 0 Å². The standard InChI is InChI=1S/C14H18N4O3/c1-9(2)6-18-13(16-8-17-18)7-21-12-4-3-10(14(19)20)5-11(12)15/h3-5,8-9H,6-7,15H2,1-2H3,(H,19,20). The van der Waals surface area contributed by atoms with Gasteiger partial charge in [0, 0.05) is 6.54 Å². The molecule has 0 atom stereocenters. The number of aromatic nitrogens is 3. The lowest BCUT2D eigenvalue weighted by molar-refractivity contribution is 0.0697. The minimum absolute atomic E-state index is 0.128. The Morgan fingerprint density at radius 3 is 2.86 bits per heavy atom. The van der Waals surface area contributed by atoms with E-state index in [4.69, 9.17) is 15.6 Å². The maximum absolute atomic E-state index is 10.8. The van der Waals surface area contributed by atoms with Gasteiger partial charge in [-0.2, -0.15) is 5.10 Å². The van der Waals surface area contributed by atoms with Crippen molar-refractivity contribution in [1.82, 2.24) is 14.8 Å². The predicted molar refractivity (Wildman–Crippen MR) is 77.0 cm³/mol. The van der Waals surface area contributed by atoms with E-state index in [9.17, 15) is 4.79 Å². The average Bonchev–Trinajstić information content (AvgIpc) is 2.83. The van der Waals surface area contributed by atoms with E-state index in [1.165, 1.54) is 18.5 Å². The summed E-state index contributed by atoms with van der Waals surface area (Å²) in [5.41, 5.74) is 6.20. The first-order chi connectivity index (χ1) is 9.97. The smallest absolute Gasteiger partial charge is 0.335 e. The van der Waals surface area contributed by atoms with Crippen LogP contribution in [0.3, 0.4) is 0 Å². The summed E-state index contributed by atoms with van der Waals surface area (Å²) in [6, 6.07) is 4.37. The van der Waals surface area contributed by atoms with Crippen molar-refractivity contribution in [2.75, 3.05) is 5.73 Å². The number of rotatable bonds is 6. The van der Waals surface area contributed by atoms with Crippen molar-refractivity contribution in [3.63, 3.8) is 0 Å². The summed E-state index contributed by atoms with van der Waals surface area (Å²) in [5, 5.41) is 13.0. The van der Waals surface area contributed by atoms with Gasteiger partial charge in [-0.05, 0) is 24.1 Å². The molecule has 0 aliphatic carbocycles. The normalized spacial score (nSPS) is 10.8. The second-order valence-electron chi connectivity index (χ2n) is 5.10. The molecule has 0 aliphatic heterocycles. The zero-order chi connectivity index (χ0) is 15.4. The molecule has 0 fully saturated rings. The Bertz CT molecular complexity index is 637. The second kappa shape index (κ2) is 6.25. The zero-order valence-corrected chi connectivity index (χ0v) is 12.0. The molecule has 0 amide bonds. The summed E-state index contributed by atoms with van der Waals surface area (Å²) in [7, 11) is 0. The molecule has 7 nitrogen and oxygen atoms in total. The number of hydrogen-bond acceptors (Lipinski definition) is 5. The number of benzene rings is 1. The third-order valence-corrected chi connectivity index (χ3v) is 2.85. The largest absolute Gasteiger partial charge is 0.483 e. The van der Waals surface area contributed by atoms with Crippen molar-refractivity contribution in [3.8, 4) is 5.75 Å². The van der Waals surface area contributed by atoms with Crippen LogP contribution in [-0.4, -0.2) is 25.8 Å². The van der Waals surface area contributed by atoms with E-state index >= 15 is 0 Å². The maximum atomic E-state index is 10.8. The van der Waals surface area contributed by atoms with Crippen LogP contribution in [0.15, 0.2) is 24.5 Å². The van der Waals surface area contributed by atoms with E-state index in [0.717, 1.165) is 6.54 Å². The zero-order valence-electron chi connectivity index (χ0n) is 12.0. The fourth-order valence-electron chi connectivity index (χ4n) is 1.85. The van der Waals surface area contributed by atoms with Crippen molar-refractivity contribution >= 4 is 11.7 Å². The highest BCUT2D eigenvalue weighted by Gasteiger charge is 2.10. The monoisotopic (exact) mass is 290 g/mol. The number of nitrogen functional groups attached to an aromatic ring is 1. The van der Waals surface area contributed by atoms with Gasteiger partial charge in [-0.1, -0.05) is 13.8 Å². The average molecular weight is 290 g/mol. The van der Waals surface area contributed by atoms with Crippen molar-refractivity contribution in [3.05, 3.63) is 35.9 Å². The molecule has 0 saturated heterocycles. The Labute approximate surface area is 122 Å².